The summed E-state index contributed by atoms with van der Waals surface area (Å²) in [6.45, 7) is 2.11. The van der Waals surface area contributed by atoms with Gasteiger partial charge in [0.1, 0.15) is 0 Å². The van der Waals surface area contributed by atoms with E-state index in [2.05, 4.69) is 12.2 Å². The van der Waals surface area contributed by atoms with Crippen LogP contribution in [0.4, 0.5) is 5.69 Å². The standard InChI is InChI=1S/C12H15Cl2NO/c1-2-3-4-5-12(16)15-11-7-9(13)6-10(14)8-11/h6-8H,2-5H2,1H3,(H,15,16). The van der Waals surface area contributed by atoms with E-state index in [0.717, 1.165) is 19.3 Å². The first-order chi connectivity index (χ1) is 7.61. The Morgan fingerprint density at radius 2 is 1.81 bits per heavy atom. The van der Waals surface area contributed by atoms with Crippen LogP contribution in [-0.4, -0.2) is 5.91 Å². The van der Waals surface area contributed by atoms with Gasteiger partial charge in [0, 0.05) is 22.2 Å². The van der Waals surface area contributed by atoms with E-state index >= 15 is 0 Å². The maximum atomic E-state index is 11.5. The summed E-state index contributed by atoms with van der Waals surface area (Å²) in [6.07, 6.45) is 3.63. The van der Waals surface area contributed by atoms with Gasteiger partial charge in [-0.3, -0.25) is 4.79 Å². The van der Waals surface area contributed by atoms with E-state index in [0.29, 0.717) is 22.2 Å². The summed E-state index contributed by atoms with van der Waals surface area (Å²) >= 11 is 11.6. The lowest BCUT2D eigenvalue weighted by Crippen LogP contribution is -2.10. The Kier molecular flexibility index (Phi) is 5.64. The fourth-order valence-electron chi connectivity index (χ4n) is 1.39. The van der Waals surface area contributed by atoms with Crippen LogP contribution in [-0.2, 0) is 4.79 Å². The van der Waals surface area contributed by atoms with Crippen LogP contribution < -0.4 is 5.32 Å². The second-order valence-corrected chi connectivity index (χ2v) is 4.54. The number of hydrogen-bond acceptors (Lipinski definition) is 1. The summed E-state index contributed by atoms with van der Waals surface area (Å²) in [6, 6.07) is 5.01. The third-order valence-corrected chi connectivity index (χ3v) is 2.59. The van der Waals surface area contributed by atoms with Crippen molar-refractivity contribution in [3.05, 3.63) is 28.2 Å². The van der Waals surface area contributed by atoms with Crippen LogP contribution in [0.25, 0.3) is 0 Å². The van der Waals surface area contributed by atoms with Crippen molar-refractivity contribution in [1.29, 1.82) is 0 Å². The Morgan fingerprint density at radius 3 is 2.38 bits per heavy atom. The number of benzene rings is 1. The van der Waals surface area contributed by atoms with E-state index < -0.39 is 0 Å². The lowest BCUT2D eigenvalue weighted by atomic mass is 10.2. The second kappa shape index (κ2) is 6.77. The zero-order valence-corrected chi connectivity index (χ0v) is 10.7. The summed E-state index contributed by atoms with van der Waals surface area (Å²) < 4.78 is 0. The van der Waals surface area contributed by atoms with Crippen molar-refractivity contribution in [3.63, 3.8) is 0 Å². The molecule has 0 aliphatic carbocycles. The lowest BCUT2D eigenvalue weighted by Gasteiger charge is -2.05. The zero-order chi connectivity index (χ0) is 12.0. The van der Waals surface area contributed by atoms with Crippen molar-refractivity contribution >= 4 is 34.8 Å². The molecule has 2 nitrogen and oxygen atoms in total. The van der Waals surface area contributed by atoms with Gasteiger partial charge >= 0.3 is 0 Å². The molecule has 0 bridgehead atoms. The van der Waals surface area contributed by atoms with E-state index in [9.17, 15) is 4.79 Å². The Bertz CT molecular complexity index is 346. The first-order valence-corrected chi connectivity index (χ1v) is 6.13. The third-order valence-electron chi connectivity index (χ3n) is 2.15. The third kappa shape index (κ3) is 4.86. The summed E-state index contributed by atoms with van der Waals surface area (Å²) in [5, 5.41) is 3.82. The predicted molar refractivity (Wildman–Crippen MR) is 69.2 cm³/mol. The zero-order valence-electron chi connectivity index (χ0n) is 9.22. The maximum Gasteiger partial charge on any atom is 0.224 e. The molecule has 0 aliphatic rings. The quantitative estimate of drug-likeness (QED) is 0.775. The van der Waals surface area contributed by atoms with Gasteiger partial charge in [0.2, 0.25) is 5.91 Å². The Morgan fingerprint density at radius 1 is 1.19 bits per heavy atom. The van der Waals surface area contributed by atoms with Gasteiger partial charge in [-0.25, -0.2) is 0 Å². The monoisotopic (exact) mass is 259 g/mol. The van der Waals surface area contributed by atoms with E-state index in [1.54, 1.807) is 18.2 Å². The minimum atomic E-state index is 0.00628. The van der Waals surface area contributed by atoms with E-state index in [1.807, 2.05) is 0 Å². The number of unbranched alkanes of at least 4 members (excludes halogenated alkanes) is 2. The van der Waals surface area contributed by atoms with Crippen LogP contribution >= 0.6 is 23.2 Å². The number of nitrogens with one attached hydrogen (secondary N) is 1. The number of rotatable bonds is 5. The van der Waals surface area contributed by atoms with Crippen molar-refractivity contribution in [3.8, 4) is 0 Å². The lowest BCUT2D eigenvalue weighted by molar-refractivity contribution is -0.116. The average Bonchev–Trinajstić information content (AvgIpc) is 2.16. The largest absolute Gasteiger partial charge is 0.326 e. The number of halogens is 2. The molecule has 1 amide bonds. The van der Waals surface area contributed by atoms with E-state index in [-0.39, 0.29) is 5.91 Å². The molecule has 16 heavy (non-hydrogen) atoms. The van der Waals surface area contributed by atoms with E-state index in [4.69, 9.17) is 23.2 Å². The van der Waals surface area contributed by atoms with Crippen LogP contribution in [0.5, 0.6) is 0 Å². The molecule has 1 aromatic carbocycles. The molecule has 1 aromatic rings. The molecule has 0 atom stereocenters. The fourth-order valence-corrected chi connectivity index (χ4v) is 1.91. The first-order valence-electron chi connectivity index (χ1n) is 5.37. The molecule has 1 rings (SSSR count). The number of amides is 1. The van der Waals surface area contributed by atoms with Crippen LogP contribution in [0.2, 0.25) is 10.0 Å². The molecule has 0 aromatic heterocycles. The number of carbonyl (C=O) groups is 1. The minimum absolute atomic E-state index is 0.00628. The normalized spacial score (nSPS) is 10.2. The van der Waals surface area contributed by atoms with Gasteiger partial charge in [0.25, 0.3) is 0 Å². The molecule has 0 saturated heterocycles. The van der Waals surface area contributed by atoms with Crippen molar-refractivity contribution in [2.24, 2.45) is 0 Å². The summed E-state index contributed by atoms with van der Waals surface area (Å²) in [5.74, 6) is 0.00628. The Balaban J connectivity index is 2.49. The molecule has 0 unspecified atom stereocenters. The highest BCUT2D eigenvalue weighted by Gasteiger charge is 2.03. The molecule has 0 spiro atoms. The van der Waals surface area contributed by atoms with Gasteiger partial charge in [-0.05, 0) is 24.6 Å². The topological polar surface area (TPSA) is 29.1 Å². The van der Waals surface area contributed by atoms with Crippen LogP contribution in [0.3, 0.4) is 0 Å². The van der Waals surface area contributed by atoms with Crippen LogP contribution in [0, 0.1) is 0 Å². The van der Waals surface area contributed by atoms with Crippen molar-refractivity contribution in [2.45, 2.75) is 32.6 Å². The molecule has 0 fully saturated rings. The molecular weight excluding hydrogens is 245 g/mol. The van der Waals surface area contributed by atoms with Gasteiger partial charge in [0.15, 0.2) is 0 Å². The van der Waals surface area contributed by atoms with Gasteiger partial charge in [0.05, 0.1) is 0 Å². The Labute approximate surface area is 106 Å². The summed E-state index contributed by atoms with van der Waals surface area (Å²) in [7, 11) is 0. The first kappa shape index (κ1) is 13.3. The fraction of sp³-hybridized carbons (Fsp3) is 0.417. The van der Waals surface area contributed by atoms with E-state index in [1.165, 1.54) is 0 Å². The predicted octanol–water partition coefficient (Wildman–Crippen LogP) is 4.51. The molecule has 0 saturated carbocycles. The Hall–Kier alpha value is -0.730. The molecule has 0 aliphatic heterocycles. The van der Waals surface area contributed by atoms with Crippen molar-refractivity contribution in [2.75, 3.05) is 5.32 Å². The SMILES string of the molecule is CCCCCC(=O)Nc1cc(Cl)cc(Cl)c1. The highest BCUT2D eigenvalue weighted by Crippen LogP contribution is 2.22. The summed E-state index contributed by atoms with van der Waals surface area (Å²) in [5.41, 5.74) is 0.652. The molecule has 0 heterocycles. The maximum absolute atomic E-state index is 11.5. The molecule has 1 N–H and O–H groups in total. The average molecular weight is 260 g/mol. The van der Waals surface area contributed by atoms with Crippen LogP contribution in [0.15, 0.2) is 18.2 Å². The van der Waals surface area contributed by atoms with Crippen LogP contribution in [0.1, 0.15) is 32.6 Å². The van der Waals surface area contributed by atoms with Gasteiger partial charge in [-0.15, -0.1) is 0 Å². The van der Waals surface area contributed by atoms with Gasteiger partial charge in [-0.2, -0.15) is 0 Å². The molecule has 88 valence electrons. The molecular formula is C12H15Cl2NO. The minimum Gasteiger partial charge on any atom is -0.326 e. The smallest absolute Gasteiger partial charge is 0.224 e. The number of anilines is 1. The molecule has 0 radical (unpaired) electrons. The van der Waals surface area contributed by atoms with Gasteiger partial charge < -0.3 is 5.32 Å². The number of carbonyl (C=O) groups excluding carboxylic acids is 1. The number of hydrogen-bond donors (Lipinski definition) is 1. The van der Waals surface area contributed by atoms with Gasteiger partial charge in [-0.1, -0.05) is 43.0 Å². The molecule has 4 heteroatoms. The van der Waals surface area contributed by atoms with Crippen molar-refractivity contribution < 1.29 is 4.79 Å². The van der Waals surface area contributed by atoms with Crippen molar-refractivity contribution in [1.82, 2.24) is 0 Å². The highest BCUT2D eigenvalue weighted by molar-refractivity contribution is 6.35. The highest BCUT2D eigenvalue weighted by atomic mass is 35.5. The second-order valence-electron chi connectivity index (χ2n) is 3.66. The summed E-state index contributed by atoms with van der Waals surface area (Å²) in [4.78, 5) is 11.5.